The van der Waals surface area contributed by atoms with E-state index in [4.69, 9.17) is 18.9 Å². The summed E-state index contributed by atoms with van der Waals surface area (Å²) in [7, 11) is 0. The molecule has 0 unspecified atom stereocenters. The lowest BCUT2D eigenvalue weighted by Gasteiger charge is -2.08. The summed E-state index contributed by atoms with van der Waals surface area (Å²) in [6, 6.07) is 8.48. The second-order valence-corrected chi connectivity index (χ2v) is 6.06. The number of rotatable bonds is 14. The van der Waals surface area contributed by atoms with Crippen molar-refractivity contribution >= 4 is 11.1 Å². The third-order valence-corrected chi connectivity index (χ3v) is 3.90. The van der Waals surface area contributed by atoms with Crippen molar-refractivity contribution in [1.82, 2.24) is 0 Å². The average molecular weight is 363 g/mol. The zero-order valence-corrected chi connectivity index (χ0v) is 16.8. The van der Waals surface area contributed by atoms with Gasteiger partial charge in [-0.2, -0.15) is 0 Å². The zero-order valence-electron chi connectivity index (χ0n) is 16.8. The van der Waals surface area contributed by atoms with Gasteiger partial charge in [0.1, 0.15) is 6.61 Å². The van der Waals surface area contributed by atoms with Gasteiger partial charge >= 0.3 is 0 Å². The molecule has 0 aliphatic rings. The van der Waals surface area contributed by atoms with Crippen LogP contribution in [0.2, 0.25) is 0 Å². The molecule has 0 aliphatic carbocycles. The van der Waals surface area contributed by atoms with E-state index in [2.05, 4.69) is 58.0 Å². The number of allylic oxidation sites excluding steroid dienone is 3. The van der Waals surface area contributed by atoms with Crippen molar-refractivity contribution in [3.8, 4) is 0 Å². The molecule has 1 aromatic carbocycles. The summed E-state index contributed by atoms with van der Waals surface area (Å²) in [6.45, 7) is 12.6. The summed E-state index contributed by atoms with van der Waals surface area (Å²) in [5.74, 6) is 0. The minimum atomic E-state index is 0.532. The zero-order chi connectivity index (χ0) is 19.0. The Bertz CT molecular complexity index is 549. The highest BCUT2D eigenvalue weighted by Gasteiger charge is 2.00. The molecular weight excluding hydrogens is 328 g/mol. The van der Waals surface area contributed by atoms with Crippen molar-refractivity contribution in [2.24, 2.45) is 0 Å². The predicted octanol–water partition coefficient (Wildman–Crippen LogP) is 4.95. The Hall–Kier alpha value is -1.62. The molecule has 0 spiro atoms. The van der Waals surface area contributed by atoms with E-state index in [9.17, 15) is 0 Å². The molecule has 0 N–H and O–H groups in total. The predicted molar refractivity (Wildman–Crippen MR) is 108 cm³/mol. The summed E-state index contributed by atoms with van der Waals surface area (Å²) in [6.07, 6.45) is 4.96. The summed E-state index contributed by atoms with van der Waals surface area (Å²) in [4.78, 5) is 0. The molecule has 0 heterocycles. The van der Waals surface area contributed by atoms with E-state index in [1.165, 1.54) is 16.7 Å². The summed E-state index contributed by atoms with van der Waals surface area (Å²) in [5.41, 5.74) is 4.78. The number of hydrogen-bond donors (Lipinski definition) is 0. The molecular formula is C22H34O4. The average Bonchev–Trinajstić information content (AvgIpc) is 2.68. The molecule has 1 rings (SSSR count). The van der Waals surface area contributed by atoms with Crippen LogP contribution in [0.1, 0.15) is 45.2 Å². The van der Waals surface area contributed by atoms with Crippen LogP contribution in [0, 0.1) is 0 Å². The minimum absolute atomic E-state index is 0.532. The van der Waals surface area contributed by atoms with Gasteiger partial charge in [-0.25, -0.2) is 0 Å². The fraction of sp³-hybridized carbons (Fsp3) is 0.545. The first-order valence-corrected chi connectivity index (χ1v) is 9.44. The molecule has 0 aromatic heterocycles. The van der Waals surface area contributed by atoms with E-state index in [0.717, 1.165) is 18.6 Å². The Morgan fingerprint density at radius 3 is 1.92 bits per heavy atom. The first kappa shape index (κ1) is 22.4. The molecule has 0 atom stereocenters. The van der Waals surface area contributed by atoms with Crippen LogP contribution in [0.4, 0.5) is 0 Å². The van der Waals surface area contributed by atoms with Gasteiger partial charge in [0.25, 0.3) is 0 Å². The Kier molecular flexibility index (Phi) is 12.5. The van der Waals surface area contributed by atoms with Crippen LogP contribution < -0.4 is 0 Å². The van der Waals surface area contributed by atoms with E-state index in [-0.39, 0.29) is 0 Å². The molecule has 1 aromatic rings. The number of hydrogen-bond acceptors (Lipinski definition) is 4. The second-order valence-electron chi connectivity index (χ2n) is 6.06. The largest absolute Gasteiger partial charge is 0.498 e. The molecule has 0 radical (unpaired) electrons. The van der Waals surface area contributed by atoms with Crippen LogP contribution in [0.3, 0.4) is 0 Å². The van der Waals surface area contributed by atoms with Crippen LogP contribution in [0.25, 0.3) is 11.1 Å². The minimum Gasteiger partial charge on any atom is -0.498 e. The van der Waals surface area contributed by atoms with Gasteiger partial charge < -0.3 is 18.9 Å². The van der Waals surface area contributed by atoms with Gasteiger partial charge in [-0.3, -0.25) is 0 Å². The molecule has 4 nitrogen and oxygen atoms in total. The van der Waals surface area contributed by atoms with Gasteiger partial charge in [0.15, 0.2) is 0 Å². The highest BCUT2D eigenvalue weighted by molar-refractivity contribution is 5.70. The third-order valence-electron chi connectivity index (χ3n) is 3.90. The van der Waals surface area contributed by atoms with Gasteiger partial charge in [-0.05, 0) is 55.5 Å². The van der Waals surface area contributed by atoms with Crippen molar-refractivity contribution < 1.29 is 18.9 Å². The van der Waals surface area contributed by atoms with Crippen LogP contribution in [0.5, 0.6) is 0 Å². The molecule has 4 heteroatoms. The van der Waals surface area contributed by atoms with Gasteiger partial charge in [0, 0.05) is 6.61 Å². The Morgan fingerprint density at radius 1 is 0.808 bits per heavy atom. The maximum atomic E-state index is 5.59. The fourth-order valence-electron chi connectivity index (χ4n) is 2.22. The number of ether oxygens (including phenoxy) is 4. The Morgan fingerprint density at radius 2 is 1.35 bits per heavy atom. The summed E-state index contributed by atoms with van der Waals surface area (Å²) < 4.78 is 21.8. The normalized spacial score (nSPS) is 12.5. The molecule has 0 saturated heterocycles. The summed E-state index contributed by atoms with van der Waals surface area (Å²) in [5, 5.41) is 0. The van der Waals surface area contributed by atoms with E-state index < -0.39 is 0 Å². The van der Waals surface area contributed by atoms with Crippen molar-refractivity contribution in [1.29, 1.82) is 0 Å². The lowest BCUT2D eigenvalue weighted by Crippen LogP contribution is -2.11. The third kappa shape index (κ3) is 9.76. The SMILES string of the molecule is C/C=C(\C)c1cccc(/C(C)=C/OCCOCCOCCOCCC)c1. The quantitative estimate of drug-likeness (QED) is 0.347. The van der Waals surface area contributed by atoms with E-state index in [1.54, 1.807) is 6.26 Å². The molecule has 0 fully saturated rings. The van der Waals surface area contributed by atoms with E-state index in [0.29, 0.717) is 39.6 Å². The van der Waals surface area contributed by atoms with Gasteiger partial charge in [-0.15, -0.1) is 0 Å². The van der Waals surface area contributed by atoms with Crippen LogP contribution in [-0.2, 0) is 18.9 Å². The Labute approximate surface area is 158 Å². The van der Waals surface area contributed by atoms with Crippen molar-refractivity contribution in [3.05, 3.63) is 47.7 Å². The van der Waals surface area contributed by atoms with Gasteiger partial charge in [-0.1, -0.05) is 31.2 Å². The first-order chi connectivity index (χ1) is 12.7. The van der Waals surface area contributed by atoms with Crippen molar-refractivity contribution in [2.45, 2.75) is 34.1 Å². The van der Waals surface area contributed by atoms with Crippen molar-refractivity contribution in [3.63, 3.8) is 0 Å². The van der Waals surface area contributed by atoms with Crippen LogP contribution >= 0.6 is 0 Å². The topological polar surface area (TPSA) is 36.9 Å². The highest BCUT2D eigenvalue weighted by Crippen LogP contribution is 2.20. The Balaban J connectivity index is 2.15. The molecule has 146 valence electrons. The molecule has 0 amide bonds. The summed E-state index contributed by atoms with van der Waals surface area (Å²) >= 11 is 0. The van der Waals surface area contributed by atoms with Gasteiger partial charge in [0.2, 0.25) is 0 Å². The smallest absolute Gasteiger partial charge is 0.111 e. The number of benzene rings is 1. The monoisotopic (exact) mass is 362 g/mol. The first-order valence-electron chi connectivity index (χ1n) is 9.44. The standard InChI is InChI=1S/C22H34O4/c1-5-10-23-11-12-24-13-14-25-15-16-26-18-20(4)22-9-7-8-21(17-22)19(3)6-2/h6-9,17-18H,5,10-16H2,1-4H3/b19-6+,20-18+. The maximum Gasteiger partial charge on any atom is 0.111 e. The van der Waals surface area contributed by atoms with E-state index >= 15 is 0 Å². The molecule has 0 saturated carbocycles. The van der Waals surface area contributed by atoms with Crippen molar-refractivity contribution in [2.75, 3.05) is 46.2 Å². The molecule has 0 bridgehead atoms. The fourth-order valence-corrected chi connectivity index (χ4v) is 2.22. The van der Waals surface area contributed by atoms with E-state index in [1.807, 2.05) is 0 Å². The highest BCUT2D eigenvalue weighted by atomic mass is 16.6. The second kappa shape index (κ2) is 14.5. The maximum absolute atomic E-state index is 5.59. The van der Waals surface area contributed by atoms with Crippen LogP contribution in [0.15, 0.2) is 36.6 Å². The lowest BCUT2D eigenvalue weighted by molar-refractivity contribution is 0.00670. The molecule has 26 heavy (non-hydrogen) atoms. The lowest BCUT2D eigenvalue weighted by atomic mass is 10.0. The van der Waals surface area contributed by atoms with Crippen LogP contribution in [-0.4, -0.2) is 46.2 Å². The molecule has 0 aliphatic heterocycles. The van der Waals surface area contributed by atoms with Gasteiger partial charge in [0.05, 0.1) is 39.3 Å².